The molecule has 1 aromatic rings. The summed E-state index contributed by atoms with van der Waals surface area (Å²) in [4.78, 5) is 7.10. The first-order chi connectivity index (χ1) is 12.2. The Hall–Kier alpha value is -0.710. The number of nitrogens with zero attached hydrogens (tertiary/aromatic N) is 2. The molecule has 0 saturated carbocycles. The predicted molar refractivity (Wildman–Crippen MR) is 107 cm³/mol. The molecule has 2 saturated heterocycles. The number of piperidine rings is 1. The van der Waals surface area contributed by atoms with Gasteiger partial charge in [-0.05, 0) is 74.1 Å². The van der Waals surface area contributed by atoms with Crippen molar-refractivity contribution < 1.29 is 4.74 Å². The number of allylic oxidation sites excluding steroid dienone is 2. The van der Waals surface area contributed by atoms with Crippen molar-refractivity contribution in [3.05, 3.63) is 29.1 Å². The summed E-state index contributed by atoms with van der Waals surface area (Å²) in [6, 6.07) is 1.93. The van der Waals surface area contributed by atoms with E-state index in [0.717, 1.165) is 30.8 Å². The third-order valence-corrected chi connectivity index (χ3v) is 7.74. The number of likely N-dealkylation sites (tertiary alicyclic amines) is 1. The highest BCUT2D eigenvalue weighted by Crippen LogP contribution is 2.45. The molecule has 0 amide bonds. The van der Waals surface area contributed by atoms with Crippen molar-refractivity contribution in [1.29, 1.82) is 0 Å². The number of halogens is 1. The molecule has 0 atom stereocenters. The van der Waals surface area contributed by atoms with Gasteiger partial charge in [0.15, 0.2) is 0 Å². The van der Waals surface area contributed by atoms with E-state index in [1.807, 2.05) is 12.3 Å². The summed E-state index contributed by atoms with van der Waals surface area (Å²) < 4.78 is 5.91. The van der Waals surface area contributed by atoms with Crippen LogP contribution >= 0.6 is 23.4 Å². The quantitative estimate of drug-likeness (QED) is 0.727. The summed E-state index contributed by atoms with van der Waals surface area (Å²) in [5.41, 5.74) is 2.91. The third kappa shape index (κ3) is 4.17. The highest BCUT2D eigenvalue weighted by atomic mass is 35.5. The Kier molecular flexibility index (Phi) is 5.59. The Morgan fingerprint density at radius 3 is 2.72 bits per heavy atom. The molecule has 1 spiro atoms. The smallest absolute Gasteiger partial charge is 0.139 e. The fraction of sp³-hybridized carbons (Fsp3) is 0.650. The molecule has 2 fully saturated rings. The summed E-state index contributed by atoms with van der Waals surface area (Å²) in [6.45, 7) is 4.14. The molecule has 0 radical (unpaired) electrons. The molecule has 0 unspecified atom stereocenters. The molecule has 1 aromatic heterocycles. The van der Waals surface area contributed by atoms with Crippen molar-refractivity contribution in [2.45, 2.75) is 38.5 Å². The lowest BCUT2D eigenvalue weighted by molar-refractivity contribution is 0.115. The maximum absolute atomic E-state index is 6.45. The van der Waals surface area contributed by atoms with Gasteiger partial charge in [0.05, 0.1) is 16.9 Å². The van der Waals surface area contributed by atoms with Crippen molar-refractivity contribution in [3.63, 3.8) is 0 Å². The summed E-state index contributed by atoms with van der Waals surface area (Å²) in [5, 5.41) is 0.716. The number of thioether (sulfide) groups is 1. The zero-order valence-electron chi connectivity index (χ0n) is 14.8. The number of hydrogen-bond acceptors (Lipinski definition) is 4. The normalized spacial score (nSPS) is 23.2. The monoisotopic (exact) mass is 378 g/mol. The minimum absolute atomic E-state index is 0.684. The lowest BCUT2D eigenvalue weighted by Crippen LogP contribution is -2.47. The van der Waals surface area contributed by atoms with Gasteiger partial charge < -0.3 is 4.74 Å². The molecule has 25 heavy (non-hydrogen) atoms. The van der Waals surface area contributed by atoms with Crippen LogP contribution in [0.25, 0.3) is 5.57 Å². The van der Waals surface area contributed by atoms with Crippen LogP contribution in [0.1, 0.15) is 44.2 Å². The second-order valence-corrected chi connectivity index (χ2v) is 9.05. The Balaban J connectivity index is 1.25. The van der Waals surface area contributed by atoms with Crippen LogP contribution in [-0.2, 0) is 0 Å². The number of ether oxygens (including phenoxy) is 1. The Bertz CT molecular complexity index is 635. The fourth-order valence-electron chi connectivity index (χ4n) is 4.01. The number of rotatable bonds is 5. The van der Waals surface area contributed by atoms with Gasteiger partial charge in [0.2, 0.25) is 0 Å². The van der Waals surface area contributed by atoms with Crippen molar-refractivity contribution in [2.24, 2.45) is 5.41 Å². The predicted octanol–water partition coefficient (Wildman–Crippen LogP) is 4.90. The molecular weight excluding hydrogens is 352 g/mol. The van der Waals surface area contributed by atoms with Crippen LogP contribution < -0.4 is 4.74 Å². The summed E-state index contributed by atoms with van der Waals surface area (Å²) >= 11 is 8.55. The molecule has 1 aliphatic carbocycles. The molecule has 3 aliphatic rings. The minimum atomic E-state index is 0.684. The highest BCUT2D eigenvalue weighted by Gasteiger charge is 2.40. The maximum atomic E-state index is 6.45. The average Bonchev–Trinajstić information content (AvgIpc) is 2.62. The van der Waals surface area contributed by atoms with Gasteiger partial charge in [-0.2, -0.15) is 11.8 Å². The van der Waals surface area contributed by atoms with Crippen LogP contribution in [0.5, 0.6) is 5.75 Å². The minimum Gasteiger partial charge on any atom is -0.491 e. The van der Waals surface area contributed by atoms with Crippen molar-refractivity contribution in [3.8, 4) is 5.75 Å². The van der Waals surface area contributed by atoms with E-state index >= 15 is 0 Å². The molecule has 0 bridgehead atoms. The van der Waals surface area contributed by atoms with Gasteiger partial charge in [-0.25, -0.2) is 0 Å². The van der Waals surface area contributed by atoms with Gasteiger partial charge in [0, 0.05) is 12.6 Å². The topological polar surface area (TPSA) is 25.4 Å². The van der Waals surface area contributed by atoms with Gasteiger partial charge in [-0.1, -0.05) is 17.7 Å². The summed E-state index contributed by atoms with van der Waals surface area (Å²) in [6.07, 6.45) is 11.6. The highest BCUT2D eigenvalue weighted by molar-refractivity contribution is 8.00. The van der Waals surface area contributed by atoms with Crippen LogP contribution in [0.3, 0.4) is 0 Å². The average molecular weight is 379 g/mol. The molecule has 3 nitrogen and oxygen atoms in total. The largest absolute Gasteiger partial charge is 0.491 e. The van der Waals surface area contributed by atoms with Crippen molar-refractivity contribution >= 4 is 28.9 Å². The van der Waals surface area contributed by atoms with Crippen LogP contribution in [0.15, 0.2) is 18.3 Å². The first kappa shape index (κ1) is 17.7. The molecular formula is C20H27ClN2OS. The van der Waals surface area contributed by atoms with Crippen LogP contribution in [0.2, 0.25) is 5.02 Å². The van der Waals surface area contributed by atoms with Crippen molar-refractivity contribution in [2.75, 3.05) is 37.7 Å². The van der Waals surface area contributed by atoms with E-state index in [4.69, 9.17) is 16.3 Å². The Morgan fingerprint density at radius 2 is 2.08 bits per heavy atom. The van der Waals surface area contributed by atoms with E-state index in [0.29, 0.717) is 17.0 Å². The van der Waals surface area contributed by atoms with E-state index in [1.165, 1.54) is 55.9 Å². The zero-order valence-corrected chi connectivity index (χ0v) is 16.4. The molecule has 2 aliphatic heterocycles. The van der Waals surface area contributed by atoms with E-state index in [2.05, 4.69) is 27.7 Å². The number of hydrogen-bond donors (Lipinski definition) is 0. The summed E-state index contributed by atoms with van der Waals surface area (Å²) in [5.74, 6) is 3.54. The van der Waals surface area contributed by atoms with Gasteiger partial charge in [-0.3, -0.25) is 9.88 Å². The lowest BCUT2D eigenvalue weighted by atomic mass is 9.81. The van der Waals surface area contributed by atoms with Gasteiger partial charge in [0.1, 0.15) is 12.4 Å². The van der Waals surface area contributed by atoms with Gasteiger partial charge >= 0.3 is 0 Å². The van der Waals surface area contributed by atoms with Crippen LogP contribution in [-0.4, -0.2) is 47.6 Å². The molecule has 3 heterocycles. The lowest BCUT2D eigenvalue weighted by Gasteiger charge is -2.47. The second kappa shape index (κ2) is 7.89. The van der Waals surface area contributed by atoms with E-state index in [9.17, 15) is 0 Å². The Morgan fingerprint density at radius 1 is 1.24 bits per heavy atom. The van der Waals surface area contributed by atoms with Gasteiger partial charge in [0.25, 0.3) is 0 Å². The maximum Gasteiger partial charge on any atom is 0.139 e. The van der Waals surface area contributed by atoms with Gasteiger partial charge in [-0.15, -0.1) is 0 Å². The molecule has 136 valence electrons. The second-order valence-electron chi connectivity index (χ2n) is 7.66. The van der Waals surface area contributed by atoms with E-state index in [-0.39, 0.29) is 0 Å². The molecule has 0 N–H and O–H groups in total. The SMILES string of the molecule is Clc1cc(OCCN2CCC3(CC2)CSC3)cnc1C1=CCCCC1. The van der Waals surface area contributed by atoms with Crippen LogP contribution in [0.4, 0.5) is 0 Å². The molecule has 4 rings (SSSR count). The standard InChI is InChI=1S/C20H27ClN2OS/c21-18-12-17(13-22-19(18)16-4-2-1-3-5-16)24-11-10-23-8-6-20(7-9-23)14-25-15-20/h4,12-13H,1-3,5-11,14-15H2. The zero-order chi connectivity index (χ0) is 17.1. The molecule has 0 aromatic carbocycles. The third-order valence-electron chi connectivity index (χ3n) is 5.82. The van der Waals surface area contributed by atoms with E-state index < -0.39 is 0 Å². The first-order valence-corrected chi connectivity index (χ1v) is 11.1. The number of aromatic nitrogens is 1. The first-order valence-electron chi connectivity index (χ1n) is 9.52. The fourth-order valence-corrected chi connectivity index (χ4v) is 5.65. The van der Waals surface area contributed by atoms with E-state index in [1.54, 1.807) is 0 Å². The Labute approximate surface area is 160 Å². The van der Waals surface area contributed by atoms with Crippen LogP contribution in [0, 0.1) is 5.41 Å². The van der Waals surface area contributed by atoms with Crippen molar-refractivity contribution in [1.82, 2.24) is 9.88 Å². The summed E-state index contributed by atoms with van der Waals surface area (Å²) in [7, 11) is 0. The molecule has 5 heteroatoms. The number of pyridine rings is 1.